The van der Waals surface area contributed by atoms with Gasteiger partial charge in [0.25, 0.3) is 5.91 Å². The average molecular weight is 463 g/mol. The molecule has 8 nitrogen and oxygen atoms in total. The highest BCUT2D eigenvalue weighted by Gasteiger charge is 2.24. The highest BCUT2D eigenvalue weighted by atomic mass is 35.5. The maximum atomic E-state index is 12.9. The summed E-state index contributed by atoms with van der Waals surface area (Å²) in [4.78, 5) is 17.2. The van der Waals surface area contributed by atoms with Crippen LogP contribution in [0.4, 0.5) is 5.95 Å². The van der Waals surface area contributed by atoms with Crippen LogP contribution in [-0.4, -0.2) is 43.1 Å². The van der Waals surface area contributed by atoms with Gasteiger partial charge in [0.2, 0.25) is 16.0 Å². The molecule has 1 amide bonds. The number of nitrogens with zero attached hydrogens (tertiary/aromatic N) is 2. The molecular formula is C21H23ClN4O4S. The Morgan fingerprint density at radius 2 is 2.10 bits per heavy atom. The molecule has 0 radical (unpaired) electrons. The zero-order chi connectivity index (χ0) is 22.0. The first-order valence-corrected chi connectivity index (χ1v) is 11.9. The molecule has 1 atom stereocenters. The molecule has 2 heterocycles. The second-order valence-corrected chi connectivity index (χ2v) is 9.40. The van der Waals surface area contributed by atoms with Crippen molar-refractivity contribution >= 4 is 44.5 Å². The molecule has 2 N–H and O–H groups in total. The molecule has 1 aromatic heterocycles. The maximum absolute atomic E-state index is 12.9. The number of ether oxygens (including phenoxy) is 1. The summed E-state index contributed by atoms with van der Waals surface area (Å²) in [7, 11) is -3.90. The summed E-state index contributed by atoms with van der Waals surface area (Å²) in [5, 5.41) is 2.82. The minimum absolute atomic E-state index is 0.0391. The van der Waals surface area contributed by atoms with Crippen LogP contribution in [0.3, 0.4) is 0 Å². The molecule has 0 aliphatic carbocycles. The van der Waals surface area contributed by atoms with Crippen molar-refractivity contribution in [2.75, 3.05) is 18.5 Å². The van der Waals surface area contributed by atoms with Crippen molar-refractivity contribution in [3.05, 3.63) is 53.1 Å². The predicted octanol–water partition coefficient (Wildman–Crippen LogP) is 3.42. The van der Waals surface area contributed by atoms with Crippen molar-refractivity contribution in [1.29, 1.82) is 0 Å². The zero-order valence-corrected chi connectivity index (χ0v) is 18.5. The van der Waals surface area contributed by atoms with Gasteiger partial charge in [0, 0.05) is 25.3 Å². The Morgan fingerprint density at radius 1 is 1.29 bits per heavy atom. The van der Waals surface area contributed by atoms with Gasteiger partial charge < -0.3 is 9.30 Å². The van der Waals surface area contributed by atoms with Crippen LogP contribution >= 0.6 is 11.6 Å². The molecule has 1 aliphatic rings. The van der Waals surface area contributed by atoms with Crippen LogP contribution in [0.5, 0.6) is 0 Å². The van der Waals surface area contributed by atoms with E-state index in [1.54, 1.807) is 0 Å². The number of aromatic nitrogens is 2. The van der Waals surface area contributed by atoms with E-state index in [1.165, 1.54) is 18.2 Å². The largest absolute Gasteiger partial charge is 0.377 e. The molecule has 1 unspecified atom stereocenters. The Hall–Kier alpha value is -2.46. The number of nitrogens with one attached hydrogen (secondary N) is 2. The summed E-state index contributed by atoms with van der Waals surface area (Å²) >= 11 is 6.14. The van der Waals surface area contributed by atoms with Crippen LogP contribution in [0.2, 0.25) is 5.02 Å². The number of hydrogen-bond donors (Lipinski definition) is 2. The summed E-state index contributed by atoms with van der Waals surface area (Å²) in [5.74, 6) is -0.0817. The molecular weight excluding hydrogens is 440 g/mol. The molecule has 1 aliphatic heterocycles. The van der Waals surface area contributed by atoms with E-state index in [0.29, 0.717) is 19.1 Å². The van der Waals surface area contributed by atoms with Gasteiger partial charge in [-0.25, -0.2) is 18.1 Å². The van der Waals surface area contributed by atoms with E-state index in [4.69, 9.17) is 16.3 Å². The fourth-order valence-electron chi connectivity index (χ4n) is 3.60. The Morgan fingerprint density at radius 3 is 2.84 bits per heavy atom. The van der Waals surface area contributed by atoms with E-state index < -0.39 is 15.9 Å². The number of rotatable bonds is 7. The van der Waals surface area contributed by atoms with Gasteiger partial charge in [0.1, 0.15) is 4.90 Å². The number of imidazole rings is 1. The van der Waals surface area contributed by atoms with E-state index >= 15 is 0 Å². The second kappa shape index (κ2) is 8.96. The van der Waals surface area contributed by atoms with E-state index in [2.05, 4.69) is 15.0 Å². The first-order valence-electron chi connectivity index (χ1n) is 10.1. The van der Waals surface area contributed by atoms with Gasteiger partial charge in [-0.1, -0.05) is 23.7 Å². The Labute approximate surface area is 185 Å². The predicted molar refractivity (Wildman–Crippen MR) is 119 cm³/mol. The fourth-order valence-corrected chi connectivity index (χ4v) is 5.19. The third kappa shape index (κ3) is 4.59. The van der Waals surface area contributed by atoms with Gasteiger partial charge in [0.05, 0.1) is 22.2 Å². The number of amides is 1. The lowest BCUT2D eigenvalue weighted by molar-refractivity contribution is 0.102. The number of anilines is 1. The fraction of sp³-hybridized carbons (Fsp3) is 0.333. The standard InChI is InChI=1S/C21H23ClN4O4S/c1-2-26-18-8-4-3-7-17(18)24-21(26)25-20(27)14-9-10-16(22)19(12-14)31(28,29)23-13-15-6-5-11-30-15/h3-4,7-10,12,15,23H,2,5-6,11,13H2,1H3,(H,24,25,27). The highest BCUT2D eigenvalue weighted by Crippen LogP contribution is 2.25. The SMILES string of the molecule is CCn1c(NC(=O)c2ccc(Cl)c(S(=O)(=O)NCC3CCCO3)c2)nc2ccccc21. The number of halogens is 1. The smallest absolute Gasteiger partial charge is 0.258 e. The van der Waals surface area contributed by atoms with E-state index in [0.717, 1.165) is 23.9 Å². The topological polar surface area (TPSA) is 102 Å². The average Bonchev–Trinajstić information content (AvgIpc) is 3.39. The molecule has 31 heavy (non-hydrogen) atoms. The van der Waals surface area contributed by atoms with E-state index in [-0.39, 0.29) is 28.1 Å². The molecule has 2 aromatic carbocycles. The quantitative estimate of drug-likeness (QED) is 0.560. The van der Waals surface area contributed by atoms with Crippen LogP contribution in [0.25, 0.3) is 11.0 Å². The molecule has 0 saturated carbocycles. The lowest BCUT2D eigenvalue weighted by Crippen LogP contribution is -2.32. The normalized spacial score (nSPS) is 16.6. The van der Waals surface area contributed by atoms with Crippen molar-refractivity contribution in [2.24, 2.45) is 0 Å². The monoisotopic (exact) mass is 462 g/mol. The van der Waals surface area contributed by atoms with Crippen molar-refractivity contribution in [3.8, 4) is 0 Å². The van der Waals surface area contributed by atoms with Crippen LogP contribution in [0.15, 0.2) is 47.4 Å². The minimum atomic E-state index is -3.90. The number of aryl methyl sites for hydroxylation is 1. The lowest BCUT2D eigenvalue weighted by atomic mass is 10.2. The summed E-state index contributed by atoms with van der Waals surface area (Å²) < 4.78 is 35.4. The van der Waals surface area contributed by atoms with Gasteiger partial charge in [-0.2, -0.15) is 0 Å². The minimum Gasteiger partial charge on any atom is -0.377 e. The zero-order valence-electron chi connectivity index (χ0n) is 17.0. The molecule has 4 rings (SSSR count). The molecule has 164 valence electrons. The summed E-state index contributed by atoms with van der Waals surface area (Å²) in [6, 6.07) is 11.7. The molecule has 0 spiro atoms. The lowest BCUT2D eigenvalue weighted by Gasteiger charge is -2.13. The summed E-state index contributed by atoms with van der Waals surface area (Å²) in [6.45, 7) is 3.36. The van der Waals surface area contributed by atoms with Crippen molar-refractivity contribution in [3.63, 3.8) is 0 Å². The van der Waals surface area contributed by atoms with Gasteiger partial charge in [-0.15, -0.1) is 0 Å². The Bertz CT molecular complexity index is 1220. The van der Waals surface area contributed by atoms with Crippen LogP contribution in [0, 0.1) is 0 Å². The molecule has 10 heteroatoms. The van der Waals surface area contributed by atoms with Gasteiger partial charge in [-0.3, -0.25) is 10.1 Å². The Balaban J connectivity index is 1.57. The van der Waals surface area contributed by atoms with Crippen molar-refractivity contribution < 1.29 is 17.9 Å². The first kappa shape index (κ1) is 21.8. The van der Waals surface area contributed by atoms with Gasteiger partial charge >= 0.3 is 0 Å². The molecule has 1 saturated heterocycles. The van der Waals surface area contributed by atoms with Crippen LogP contribution < -0.4 is 10.0 Å². The highest BCUT2D eigenvalue weighted by molar-refractivity contribution is 7.89. The van der Waals surface area contributed by atoms with Gasteiger partial charge in [0.15, 0.2) is 0 Å². The second-order valence-electron chi connectivity index (χ2n) is 7.25. The number of fused-ring (bicyclic) bond motifs is 1. The molecule has 0 bridgehead atoms. The third-order valence-electron chi connectivity index (χ3n) is 5.20. The van der Waals surface area contributed by atoms with Crippen molar-refractivity contribution in [1.82, 2.24) is 14.3 Å². The summed E-state index contributed by atoms with van der Waals surface area (Å²) in [5.41, 5.74) is 1.83. The number of para-hydroxylation sites is 2. The molecule has 1 fully saturated rings. The number of benzene rings is 2. The Kier molecular flexibility index (Phi) is 6.29. The van der Waals surface area contributed by atoms with Crippen molar-refractivity contribution in [2.45, 2.75) is 37.3 Å². The van der Waals surface area contributed by atoms with Gasteiger partial charge in [-0.05, 0) is 50.1 Å². The number of sulfonamides is 1. The maximum Gasteiger partial charge on any atom is 0.258 e. The number of carbonyl (C=O) groups excluding carboxylic acids is 1. The number of hydrogen-bond acceptors (Lipinski definition) is 5. The van der Waals surface area contributed by atoms with Crippen LogP contribution in [-0.2, 0) is 21.3 Å². The molecule has 3 aromatic rings. The van der Waals surface area contributed by atoms with E-state index in [1.807, 2.05) is 35.8 Å². The third-order valence-corrected chi connectivity index (χ3v) is 7.11. The number of carbonyl (C=O) groups is 1. The first-order chi connectivity index (χ1) is 14.9. The van der Waals surface area contributed by atoms with Crippen LogP contribution in [0.1, 0.15) is 30.1 Å². The van der Waals surface area contributed by atoms with E-state index in [9.17, 15) is 13.2 Å². The summed E-state index contributed by atoms with van der Waals surface area (Å²) in [6.07, 6.45) is 1.56.